The van der Waals surface area contributed by atoms with E-state index < -0.39 is 21.8 Å². The van der Waals surface area contributed by atoms with Gasteiger partial charge >= 0.3 is 0 Å². The van der Waals surface area contributed by atoms with Crippen LogP contribution in [0.5, 0.6) is 11.6 Å². The average molecular weight is 480 g/mol. The van der Waals surface area contributed by atoms with Crippen molar-refractivity contribution in [3.8, 4) is 11.6 Å². The van der Waals surface area contributed by atoms with Crippen molar-refractivity contribution in [2.24, 2.45) is 0 Å². The van der Waals surface area contributed by atoms with E-state index in [0.29, 0.717) is 18.0 Å². The lowest BCUT2D eigenvalue weighted by molar-refractivity contribution is 0.0940. The van der Waals surface area contributed by atoms with Crippen LogP contribution in [0.1, 0.15) is 42.5 Å². The zero-order valence-corrected chi connectivity index (χ0v) is 20.5. The lowest BCUT2D eigenvalue weighted by Gasteiger charge is -2.20. The summed E-state index contributed by atoms with van der Waals surface area (Å²) in [6, 6.07) is 18.0. The molecule has 0 aliphatic rings. The summed E-state index contributed by atoms with van der Waals surface area (Å²) in [4.78, 5) is 22.2. The first-order valence-electron chi connectivity index (χ1n) is 10.8. The molecular formula is C26H29N3O4S. The van der Waals surface area contributed by atoms with Crippen LogP contribution in [0, 0.1) is 0 Å². The van der Waals surface area contributed by atoms with Crippen molar-refractivity contribution < 1.29 is 17.9 Å². The van der Waals surface area contributed by atoms with Crippen molar-refractivity contribution in [2.45, 2.75) is 38.6 Å². The highest BCUT2D eigenvalue weighted by atomic mass is 32.2. The molecule has 1 heterocycles. The molecule has 1 amide bonds. The predicted molar refractivity (Wildman–Crippen MR) is 133 cm³/mol. The number of ether oxygens (including phenoxy) is 1. The van der Waals surface area contributed by atoms with Crippen molar-refractivity contribution in [1.82, 2.24) is 15.3 Å². The molecule has 8 heteroatoms. The van der Waals surface area contributed by atoms with Gasteiger partial charge in [0, 0.05) is 23.3 Å². The number of rotatable bonds is 8. The van der Waals surface area contributed by atoms with Crippen LogP contribution in [0.4, 0.5) is 0 Å². The van der Waals surface area contributed by atoms with Crippen molar-refractivity contribution in [1.29, 1.82) is 0 Å². The summed E-state index contributed by atoms with van der Waals surface area (Å²) < 4.78 is 29.3. The van der Waals surface area contributed by atoms with E-state index in [1.54, 1.807) is 12.1 Å². The molecule has 178 valence electrons. The van der Waals surface area contributed by atoms with Gasteiger partial charge in [-0.2, -0.15) is 4.98 Å². The number of hydrogen-bond acceptors (Lipinski definition) is 6. The Morgan fingerprint density at radius 1 is 1.06 bits per heavy atom. The van der Waals surface area contributed by atoms with Gasteiger partial charge in [-0.3, -0.25) is 4.79 Å². The third-order valence-electron chi connectivity index (χ3n) is 4.80. The normalized spacial score (nSPS) is 12.9. The van der Waals surface area contributed by atoms with Gasteiger partial charge in [0.15, 0.2) is 9.84 Å². The molecule has 0 spiro atoms. The van der Waals surface area contributed by atoms with Gasteiger partial charge < -0.3 is 10.1 Å². The Balaban J connectivity index is 1.93. The Hall–Kier alpha value is -3.52. The maximum Gasteiger partial charge on any atom is 0.258 e. The number of sulfone groups is 1. The molecule has 0 radical (unpaired) electrons. The number of nitrogens with one attached hydrogen (secondary N) is 1. The fourth-order valence-electron chi connectivity index (χ4n) is 3.08. The minimum absolute atomic E-state index is 0.133. The van der Waals surface area contributed by atoms with Crippen molar-refractivity contribution in [3.05, 3.63) is 95.3 Å². The van der Waals surface area contributed by atoms with E-state index in [-0.39, 0.29) is 16.9 Å². The molecule has 2 aromatic carbocycles. The number of carbonyl (C=O) groups excluding carboxylic acids is 1. The maximum absolute atomic E-state index is 13.3. The van der Waals surface area contributed by atoms with Crippen LogP contribution in [0.3, 0.4) is 0 Å². The summed E-state index contributed by atoms with van der Waals surface area (Å²) in [7, 11) is -3.36. The van der Waals surface area contributed by atoms with Crippen LogP contribution in [-0.2, 0) is 21.7 Å². The van der Waals surface area contributed by atoms with E-state index in [1.807, 2.05) is 69.3 Å². The van der Waals surface area contributed by atoms with Crippen LogP contribution in [0.2, 0.25) is 0 Å². The number of nitrogens with zero attached hydrogens (tertiary/aromatic N) is 2. The second kappa shape index (κ2) is 10.6. The van der Waals surface area contributed by atoms with Gasteiger partial charge in [-0.05, 0) is 24.1 Å². The molecule has 0 aliphatic carbocycles. The van der Waals surface area contributed by atoms with Gasteiger partial charge in [-0.1, -0.05) is 75.4 Å². The smallest absolute Gasteiger partial charge is 0.258 e. The number of amides is 1. The van der Waals surface area contributed by atoms with Gasteiger partial charge in [-0.25, -0.2) is 13.4 Å². The van der Waals surface area contributed by atoms with E-state index in [1.165, 1.54) is 12.3 Å². The molecule has 3 rings (SSSR count). The Bertz CT molecular complexity index is 1250. The molecular weight excluding hydrogens is 450 g/mol. The zero-order chi connectivity index (χ0) is 24.8. The summed E-state index contributed by atoms with van der Waals surface area (Å²) in [5, 5.41) is 3.99. The lowest BCUT2D eigenvalue weighted by atomic mass is 9.95. The van der Waals surface area contributed by atoms with Crippen LogP contribution in [-0.4, -0.2) is 36.6 Å². The number of para-hydroxylation sites is 1. The lowest BCUT2D eigenvalue weighted by Crippen LogP contribution is -2.35. The standard InChI is InChI=1S/C26H29N3O4S/c1-26(2,3)25-27-18-22(24(29-25)33-21-13-9-6-10-14-21)23(30)28-20(15-16-34(4,31)32)17-19-11-7-5-8-12-19/h5-16,18,20H,17H2,1-4H3,(H,28,30)/b16-15+. The predicted octanol–water partition coefficient (Wildman–Crippen LogP) is 4.47. The Kier molecular flexibility index (Phi) is 7.83. The van der Waals surface area contributed by atoms with Gasteiger partial charge in [0.2, 0.25) is 5.88 Å². The SMILES string of the molecule is CC(C)(C)c1ncc(C(=O)NC(/C=C/S(C)(=O)=O)Cc2ccccc2)c(Oc2ccccc2)n1. The molecule has 0 saturated carbocycles. The molecule has 7 nitrogen and oxygen atoms in total. The minimum atomic E-state index is -3.36. The Morgan fingerprint density at radius 2 is 1.68 bits per heavy atom. The average Bonchev–Trinajstić information content (AvgIpc) is 2.77. The number of carbonyl (C=O) groups is 1. The van der Waals surface area contributed by atoms with E-state index in [2.05, 4.69) is 15.3 Å². The van der Waals surface area contributed by atoms with Crippen LogP contribution >= 0.6 is 0 Å². The van der Waals surface area contributed by atoms with Gasteiger partial charge in [-0.15, -0.1) is 0 Å². The second-order valence-electron chi connectivity index (χ2n) is 9.01. The molecule has 0 bridgehead atoms. The number of benzene rings is 2. The van der Waals surface area contributed by atoms with E-state index in [4.69, 9.17) is 4.74 Å². The highest BCUT2D eigenvalue weighted by molar-refractivity contribution is 7.93. The molecule has 0 saturated heterocycles. The fourth-order valence-corrected chi connectivity index (χ4v) is 3.56. The highest BCUT2D eigenvalue weighted by Crippen LogP contribution is 2.27. The van der Waals surface area contributed by atoms with Crippen molar-refractivity contribution in [3.63, 3.8) is 0 Å². The molecule has 0 aliphatic heterocycles. The van der Waals surface area contributed by atoms with Crippen LogP contribution in [0.15, 0.2) is 78.3 Å². The molecule has 1 N–H and O–H groups in total. The second-order valence-corrected chi connectivity index (χ2v) is 10.9. The van der Waals surface area contributed by atoms with E-state index in [0.717, 1.165) is 17.2 Å². The first kappa shape index (κ1) is 25.1. The Labute approximate surface area is 200 Å². The zero-order valence-electron chi connectivity index (χ0n) is 19.7. The molecule has 0 fully saturated rings. The third kappa shape index (κ3) is 7.52. The summed E-state index contributed by atoms with van der Waals surface area (Å²) >= 11 is 0. The molecule has 1 atom stereocenters. The summed E-state index contributed by atoms with van der Waals surface area (Å²) in [6.07, 6.45) is 4.44. The van der Waals surface area contributed by atoms with Crippen molar-refractivity contribution >= 4 is 15.7 Å². The van der Waals surface area contributed by atoms with Gasteiger partial charge in [0.25, 0.3) is 5.91 Å². The molecule has 1 unspecified atom stereocenters. The van der Waals surface area contributed by atoms with Gasteiger partial charge in [0.1, 0.15) is 17.1 Å². The largest absolute Gasteiger partial charge is 0.438 e. The first-order valence-corrected chi connectivity index (χ1v) is 12.8. The Morgan fingerprint density at radius 3 is 2.26 bits per heavy atom. The van der Waals surface area contributed by atoms with Crippen molar-refractivity contribution in [2.75, 3.05) is 6.26 Å². The monoisotopic (exact) mass is 479 g/mol. The summed E-state index contributed by atoms with van der Waals surface area (Å²) in [5.41, 5.74) is 0.756. The minimum Gasteiger partial charge on any atom is -0.438 e. The molecule has 1 aromatic heterocycles. The quantitative estimate of drug-likeness (QED) is 0.512. The van der Waals surface area contributed by atoms with E-state index in [9.17, 15) is 13.2 Å². The van der Waals surface area contributed by atoms with E-state index >= 15 is 0 Å². The summed E-state index contributed by atoms with van der Waals surface area (Å²) in [6.45, 7) is 5.92. The number of hydrogen-bond donors (Lipinski definition) is 1. The van der Waals surface area contributed by atoms with Crippen LogP contribution < -0.4 is 10.1 Å². The number of aromatic nitrogens is 2. The van der Waals surface area contributed by atoms with Crippen LogP contribution in [0.25, 0.3) is 0 Å². The van der Waals surface area contributed by atoms with Gasteiger partial charge in [0.05, 0.1) is 6.04 Å². The maximum atomic E-state index is 13.3. The first-order chi connectivity index (χ1) is 16.0. The molecule has 3 aromatic rings. The molecule has 34 heavy (non-hydrogen) atoms. The third-order valence-corrected chi connectivity index (χ3v) is 5.45. The fraction of sp³-hybridized carbons (Fsp3) is 0.269. The topological polar surface area (TPSA) is 98.2 Å². The summed E-state index contributed by atoms with van der Waals surface area (Å²) in [5.74, 6) is 0.736. The highest BCUT2D eigenvalue weighted by Gasteiger charge is 2.24.